The lowest BCUT2D eigenvalue weighted by Crippen LogP contribution is -2.57. The van der Waals surface area contributed by atoms with Crippen LogP contribution in [-0.4, -0.2) is 111 Å². The molecule has 0 saturated carbocycles. The Bertz CT molecular complexity index is 909. The van der Waals surface area contributed by atoms with E-state index in [9.17, 15) is 9.59 Å². The number of morpholine rings is 2. The van der Waals surface area contributed by atoms with Crippen molar-refractivity contribution in [2.75, 3.05) is 79.7 Å². The minimum Gasteiger partial charge on any atom is -0.497 e. The molecule has 1 unspecified atom stereocenters. The van der Waals surface area contributed by atoms with Gasteiger partial charge in [0.15, 0.2) is 0 Å². The van der Waals surface area contributed by atoms with E-state index in [1.807, 2.05) is 31.2 Å². The van der Waals surface area contributed by atoms with E-state index >= 15 is 0 Å². The van der Waals surface area contributed by atoms with E-state index in [1.54, 1.807) is 23.8 Å². The van der Waals surface area contributed by atoms with Gasteiger partial charge in [0.05, 0.1) is 65.1 Å². The van der Waals surface area contributed by atoms with Crippen molar-refractivity contribution in [2.24, 2.45) is 0 Å². The summed E-state index contributed by atoms with van der Waals surface area (Å²) < 4.78 is 21.8. The van der Waals surface area contributed by atoms with Crippen molar-refractivity contribution in [1.29, 1.82) is 0 Å². The molecule has 0 N–H and O–H groups in total. The van der Waals surface area contributed by atoms with Crippen LogP contribution in [0, 0.1) is 0 Å². The maximum Gasteiger partial charge on any atom is 0.338 e. The second-order valence-electron chi connectivity index (χ2n) is 8.82. The number of hydrogen-bond acceptors (Lipinski definition) is 8. The number of urea groups is 1. The molecule has 35 heavy (non-hydrogen) atoms. The van der Waals surface area contributed by atoms with Crippen molar-refractivity contribution < 1.29 is 28.5 Å². The van der Waals surface area contributed by atoms with Crippen LogP contribution in [-0.2, 0) is 19.0 Å². The minimum absolute atomic E-state index is 0.130. The Labute approximate surface area is 206 Å². The van der Waals surface area contributed by atoms with E-state index in [2.05, 4.69) is 9.80 Å². The molecule has 192 valence electrons. The maximum absolute atomic E-state index is 14.0. The number of benzene rings is 1. The number of hydrogen-bond donors (Lipinski definition) is 0. The monoisotopic (exact) mass is 488 g/mol. The summed E-state index contributed by atoms with van der Waals surface area (Å²) in [7, 11) is 1.61. The highest BCUT2D eigenvalue weighted by molar-refractivity contribution is 5.95. The Morgan fingerprint density at radius 3 is 2.09 bits per heavy atom. The molecular formula is C25H36N4O6. The Hall–Kier alpha value is -2.66. The summed E-state index contributed by atoms with van der Waals surface area (Å²) in [6.45, 7) is 10.1. The van der Waals surface area contributed by atoms with Crippen LogP contribution in [0.3, 0.4) is 0 Å². The van der Waals surface area contributed by atoms with Gasteiger partial charge in [-0.25, -0.2) is 9.59 Å². The van der Waals surface area contributed by atoms with Gasteiger partial charge in [-0.1, -0.05) is 12.1 Å². The van der Waals surface area contributed by atoms with Gasteiger partial charge in [0, 0.05) is 31.9 Å². The average molecular weight is 489 g/mol. The first-order valence-corrected chi connectivity index (χ1v) is 12.2. The first-order chi connectivity index (χ1) is 17.0. The van der Waals surface area contributed by atoms with Crippen molar-refractivity contribution in [2.45, 2.75) is 19.9 Å². The molecule has 1 aromatic rings. The number of allylic oxidation sites excluding steroid dienone is 1. The number of amides is 2. The van der Waals surface area contributed by atoms with Gasteiger partial charge in [0.2, 0.25) is 0 Å². The zero-order valence-corrected chi connectivity index (χ0v) is 20.9. The predicted octanol–water partition coefficient (Wildman–Crippen LogP) is 1.89. The van der Waals surface area contributed by atoms with E-state index in [-0.39, 0.29) is 12.6 Å². The van der Waals surface area contributed by atoms with E-state index in [0.29, 0.717) is 56.8 Å². The van der Waals surface area contributed by atoms with E-state index < -0.39 is 12.0 Å². The summed E-state index contributed by atoms with van der Waals surface area (Å²) in [4.78, 5) is 35.3. The number of rotatable bonds is 8. The van der Waals surface area contributed by atoms with Crippen LogP contribution >= 0.6 is 0 Å². The highest BCUT2D eigenvalue weighted by Crippen LogP contribution is 2.38. The highest BCUT2D eigenvalue weighted by atomic mass is 16.5. The zero-order chi connectivity index (χ0) is 24.8. The highest BCUT2D eigenvalue weighted by Gasteiger charge is 2.43. The molecule has 3 aliphatic rings. The van der Waals surface area contributed by atoms with Crippen LogP contribution in [0.1, 0.15) is 25.5 Å². The van der Waals surface area contributed by atoms with Gasteiger partial charge >= 0.3 is 12.0 Å². The van der Waals surface area contributed by atoms with Gasteiger partial charge in [0.1, 0.15) is 5.75 Å². The fourth-order valence-electron chi connectivity index (χ4n) is 4.72. The summed E-state index contributed by atoms with van der Waals surface area (Å²) in [6, 6.07) is 6.82. The Balaban J connectivity index is 1.76. The van der Waals surface area contributed by atoms with Crippen LogP contribution in [0.2, 0.25) is 0 Å². The molecular weight excluding hydrogens is 452 g/mol. The van der Waals surface area contributed by atoms with Gasteiger partial charge in [-0.2, -0.15) is 0 Å². The molecule has 4 rings (SSSR count). The van der Waals surface area contributed by atoms with E-state index in [0.717, 1.165) is 31.7 Å². The zero-order valence-electron chi connectivity index (χ0n) is 20.9. The van der Waals surface area contributed by atoms with Crippen LogP contribution in [0.5, 0.6) is 5.75 Å². The predicted molar refractivity (Wildman–Crippen MR) is 129 cm³/mol. The number of esters is 1. The topological polar surface area (TPSA) is 84.0 Å². The molecule has 3 heterocycles. The Kier molecular flexibility index (Phi) is 8.61. The lowest BCUT2D eigenvalue weighted by Gasteiger charge is -2.46. The standard InChI is InChI=1S/C25H36N4O6/c1-4-35-24(30)22-19(2)28(17-26-9-13-33-14-10-26)25(31)29(18-27-11-15-34-16-12-27)23(22)20-5-7-21(32-3)8-6-20/h5-8,23H,4,9-18H2,1-3H3. The lowest BCUT2D eigenvalue weighted by atomic mass is 9.93. The first kappa shape index (κ1) is 25.4. The van der Waals surface area contributed by atoms with Crippen molar-refractivity contribution in [3.05, 3.63) is 41.1 Å². The lowest BCUT2D eigenvalue weighted by molar-refractivity contribution is -0.139. The van der Waals surface area contributed by atoms with Crippen molar-refractivity contribution in [3.8, 4) is 5.75 Å². The second-order valence-corrected chi connectivity index (χ2v) is 8.82. The number of carbonyl (C=O) groups is 2. The number of nitrogens with zero attached hydrogens (tertiary/aromatic N) is 4. The number of methoxy groups -OCH3 is 1. The molecule has 2 saturated heterocycles. The molecule has 2 amide bonds. The fourth-order valence-corrected chi connectivity index (χ4v) is 4.72. The van der Waals surface area contributed by atoms with Gasteiger partial charge in [0.25, 0.3) is 0 Å². The third-order valence-corrected chi connectivity index (χ3v) is 6.68. The normalized spacial score (nSPS) is 22.5. The summed E-state index contributed by atoms with van der Waals surface area (Å²) in [5, 5.41) is 0. The second kappa shape index (κ2) is 11.9. The average Bonchev–Trinajstić information content (AvgIpc) is 2.89. The van der Waals surface area contributed by atoms with Gasteiger partial charge < -0.3 is 18.9 Å². The van der Waals surface area contributed by atoms with E-state index in [1.165, 1.54) is 0 Å². The molecule has 0 spiro atoms. The Morgan fingerprint density at radius 1 is 0.971 bits per heavy atom. The first-order valence-electron chi connectivity index (χ1n) is 12.2. The summed E-state index contributed by atoms with van der Waals surface area (Å²) in [6.07, 6.45) is 0. The molecule has 1 atom stereocenters. The Morgan fingerprint density at radius 2 is 1.54 bits per heavy atom. The van der Waals surface area contributed by atoms with Crippen molar-refractivity contribution >= 4 is 12.0 Å². The molecule has 1 aromatic carbocycles. The molecule has 0 aromatic heterocycles. The number of ether oxygens (including phenoxy) is 4. The summed E-state index contributed by atoms with van der Waals surface area (Å²) in [5.74, 6) is 0.306. The fraction of sp³-hybridized carbons (Fsp3) is 0.600. The van der Waals surface area contributed by atoms with Crippen LogP contribution in [0.15, 0.2) is 35.5 Å². The SMILES string of the molecule is CCOC(=O)C1=C(C)N(CN2CCOCC2)C(=O)N(CN2CCOCC2)C1c1ccc(OC)cc1. The largest absolute Gasteiger partial charge is 0.497 e. The van der Waals surface area contributed by atoms with Gasteiger partial charge in [-0.3, -0.25) is 19.6 Å². The number of carbonyl (C=O) groups excluding carboxylic acids is 2. The van der Waals surface area contributed by atoms with Gasteiger partial charge in [-0.15, -0.1) is 0 Å². The third-order valence-electron chi connectivity index (χ3n) is 6.68. The van der Waals surface area contributed by atoms with E-state index in [4.69, 9.17) is 18.9 Å². The summed E-state index contributed by atoms with van der Waals surface area (Å²) in [5.41, 5.74) is 1.94. The van der Waals surface area contributed by atoms with Crippen molar-refractivity contribution in [3.63, 3.8) is 0 Å². The minimum atomic E-state index is -0.573. The summed E-state index contributed by atoms with van der Waals surface area (Å²) >= 11 is 0. The quantitative estimate of drug-likeness (QED) is 0.513. The maximum atomic E-state index is 14.0. The molecule has 2 fully saturated rings. The smallest absolute Gasteiger partial charge is 0.338 e. The van der Waals surface area contributed by atoms with Crippen LogP contribution < -0.4 is 4.74 Å². The molecule has 0 radical (unpaired) electrons. The molecule has 0 bridgehead atoms. The van der Waals surface area contributed by atoms with Gasteiger partial charge in [-0.05, 0) is 31.5 Å². The third kappa shape index (κ3) is 5.78. The molecule has 10 nitrogen and oxygen atoms in total. The molecule has 3 aliphatic heterocycles. The molecule has 10 heteroatoms. The molecule has 0 aliphatic carbocycles. The van der Waals surface area contributed by atoms with Crippen LogP contribution in [0.4, 0.5) is 4.79 Å². The van der Waals surface area contributed by atoms with Crippen LogP contribution in [0.25, 0.3) is 0 Å². The van der Waals surface area contributed by atoms with Crippen molar-refractivity contribution in [1.82, 2.24) is 19.6 Å².